The molecule has 3 saturated carbocycles. The van der Waals surface area contributed by atoms with Crippen molar-refractivity contribution in [2.75, 3.05) is 0 Å². The fourth-order valence-corrected chi connectivity index (χ4v) is 4.14. The minimum Gasteiger partial charge on any atom is -0.392 e. The normalized spacial score (nSPS) is 32.1. The van der Waals surface area contributed by atoms with Gasteiger partial charge in [0.2, 0.25) is 0 Å². The van der Waals surface area contributed by atoms with Crippen molar-refractivity contribution < 1.29 is 5.11 Å². The topological polar surface area (TPSA) is 50.9 Å². The van der Waals surface area contributed by atoms with Crippen molar-refractivity contribution in [2.24, 2.45) is 0 Å². The molecule has 98 valence electrons. The Morgan fingerprint density at radius 3 is 2.50 bits per heavy atom. The lowest BCUT2D eigenvalue weighted by Gasteiger charge is -2.14. The zero-order chi connectivity index (χ0) is 12.1. The monoisotopic (exact) mass is 265 g/mol. The number of aromatic nitrogens is 3. The second-order valence-electron chi connectivity index (χ2n) is 5.87. The molecule has 0 amide bonds. The van der Waals surface area contributed by atoms with Crippen molar-refractivity contribution in [1.82, 2.24) is 14.8 Å². The predicted molar refractivity (Wildman–Crippen MR) is 69.8 cm³/mol. The standard InChI is InChI=1S/C13H19N3OS/c17-10-2-1-3-11(10)18-13-15-14-12(8-4-5-8)16(13)9-6-7-9/h8-11,17H,1-7H2/t10-,11-/m1/s1. The number of hydrogen-bond donors (Lipinski definition) is 1. The van der Waals surface area contributed by atoms with Crippen molar-refractivity contribution in [3.05, 3.63) is 5.82 Å². The Kier molecular flexibility index (Phi) is 2.66. The zero-order valence-corrected chi connectivity index (χ0v) is 11.3. The third-order valence-electron chi connectivity index (χ3n) is 4.22. The molecular formula is C13H19N3OS. The van der Waals surface area contributed by atoms with Gasteiger partial charge in [-0.2, -0.15) is 0 Å². The van der Waals surface area contributed by atoms with Gasteiger partial charge in [-0.1, -0.05) is 11.8 Å². The maximum absolute atomic E-state index is 9.95. The van der Waals surface area contributed by atoms with E-state index in [1.54, 1.807) is 11.8 Å². The van der Waals surface area contributed by atoms with Crippen molar-refractivity contribution in [1.29, 1.82) is 0 Å². The molecule has 0 spiro atoms. The van der Waals surface area contributed by atoms with Crippen LogP contribution in [0.5, 0.6) is 0 Å². The molecule has 2 atom stereocenters. The Labute approximate surface area is 111 Å². The smallest absolute Gasteiger partial charge is 0.191 e. The van der Waals surface area contributed by atoms with E-state index in [-0.39, 0.29) is 6.10 Å². The molecule has 1 aromatic rings. The molecule has 4 rings (SSSR count). The lowest BCUT2D eigenvalue weighted by atomic mass is 10.3. The summed E-state index contributed by atoms with van der Waals surface area (Å²) in [4.78, 5) is 0. The van der Waals surface area contributed by atoms with Gasteiger partial charge in [0, 0.05) is 17.2 Å². The summed E-state index contributed by atoms with van der Waals surface area (Å²) >= 11 is 1.76. The van der Waals surface area contributed by atoms with Gasteiger partial charge in [0.25, 0.3) is 0 Å². The molecule has 18 heavy (non-hydrogen) atoms. The van der Waals surface area contributed by atoms with Gasteiger partial charge >= 0.3 is 0 Å². The molecule has 3 aliphatic carbocycles. The van der Waals surface area contributed by atoms with E-state index < -0.39 is 0 Å². The number of rotatable bonds is 4. The van der Waals surface area contributed by atoms with E-state index in [9.17, 15) is 5.11 Å². The Bertz CT molecular complexity index is 453. The molecule has 0 aromatic carbocycles. The van der Waals surface area contributed by atoms with Crippen LogP contribution in [0.25, 0.3) is 0 Å². The van der Waals surface area contributed by atoms with Gasteiger partial charge in [0.15, 0.2) is 5.16 Å². The summed E-state index contributed by atoms with van der Waals surface area (Å²) in [6, 6.07) is 0.650. The highest BCUT2D eigenvalue weighted by Crippen LogP contribution is 2.47. The molecule has 0 bridgehead atoms. The first kappa shape index (κ1) is 11.3. The Hall–Kier alpha value is -0.550. The van der Waals surface area contributed by atoms with Gasteiger partial charge < -0.3 is 9.67 Å². The van der Waals surface area contributed by atoms with Crippen molar-refractivity contribution in [2.45, 2.75) is 73.4 Å². The summed E-state index contributed by atoms with van der Waals surface area (Å²) in [5.74, 6) is 1.88. The zero-order valence-electron chi connectivity index (χ0n) is 10.5. The summed E-state index contributed by atoms with van der Waals surface area (Å²) in [6.07, 6.45) is 8.17. The van der Waals surface area contributed by atoms with Crippen molar-refractivity contribution in [3.8, 4) is 0 Å². The molecule has 1 N–H and O–H groups in total. The average molecular weight is 265 g/mol. The van der Waals surface area contributed by atoms with Gasteiger partial charge in [-0.3, -0.25) is 0 Å². The molecule has 0 saturated heterocycles. The highest BCUT2D eigenvalue weighted by atomic mass is 32.2. The largest absolute Gasteiger partial charge is 0.392 e. The maximum Gasteiger partial charge on any atom is 0.191 e. The second-order valence-corrected chi connectivity index (χ2v) is 7.08. The Balaban J connectivity index is 1.59. The number of thioether (sulfide) groups is 1. The summed E-state index contributed by atoms with van der Waals surface area (Å²) in [6.45, 7) is 0. The van der Waals surface area contributed by atoms with E-state index in [4.69, 9.17) is 0 Å². The Morgan fingerprint density at radius 2 is 1.89 bits per heavy atom. The van der Waals surface area contributed by atoms with E-state index in [1.807, 2.05) is 0 Å². The molecule has 1 heterocycles. The van der Waals surface area contributed by atoms with Crippen molar-refractivity contribution >= 4 is 11.8 Å². The second kappa shape index (κ2) is 4.23. The average Bonchev–Trinajstić information content (AvgIpc) is 3.28. The molecule has 3 fully saturated rings. The third-order valence-corrected chi connectivity index (χ3v) is 5.56. The summed E-state index contributed by atoms with van der Waals surface area (Å²) in [5, 5.41) is 20.2. The van der Waals surface area contributed by atoms with Crippen LogP contribution >= 0.6 is 11.8 Å². The maximum atomic E-state index is 9.95. The minimum atomic E-state index is -0.149. The molecule has 3 aliphatic rings. The first-order valence-corrected chi connectivity index (χ1v) is 8.00. The van der Waals surface area contributed by atoms with Crippen LogP contribution in [0, 0.1) is 0 Å². The first-order chi connectivity index (χ1) is 8.83. The summed E-state index contributed by atoms with van der Waals surface area (Å²) in [5.41, 5.74) is 0. The number of aliphatic hydroxyl groups is 1. The quantitative estimate of drug-likeness (QED) is 0.908. The summed E-state index contributed by atoms with van der Waals surface area (Å²) < 4.78 is 2.38. The van der Waals surface area contributed by atoms with Gasteiger partial charge in [0.1, 0.15) is 5.82 Å². The van der Waals surface area contributed by atoms with Crippen molar-refractivity contribution in [3.63, 3.8) is 0 Å². The molecule has 0 unspecified atom stereocenters. The van der Waals surface area contributed by atoms with Crippen LogP contribution in [0.15, 0.2) is 5.16 Å². The highest BCUT2D eigenvalue weighted by Gasteiger charge is 2.37. The van der Waals surface area contributed by atoms with Gasteiger partial charge in [-0.05, 0) is 44.9 Å². The van der Waals surface area contributed by atoms with Crippen LogP contribution in [-0.4, -0.2) is 31.2 Å². The van der Waals surface area contributed by atoms with Gasteiger partial charge in [0.05, 0.1) is 6.10 Å². The van der Waals surface area contributed by atoms with E-state index >= 15 is 0 Å². The van der Waals surface area contributed by atoms with E-state index in [0.29, 0.717) is 17.2 Å². The van der Waals surface area contributed by atoms with Crippen LogP contribution in [-0.2, 0) is 0 Å². The molecule has 4 nitrogen and oxygen atoms in total. The lowest BCUT2D eigenvalue weighted by molar-refractivity contribution is 0.188. The van der Waals surface area contributed by atoms with Crippen LogP contribution in [0.2, 0.25) is 0 Å². The molecule has 0 radical (unpaired) electrons. The van der Waals surface area contributed by atoms with Crippen LogP contribution in [0.3, 0.4) is 0 Å². The first-order valence-electron chi connectivity index (χ1n) is 7.12. The Morgan fingerprint density at radius 1 is 1.06 bits per heavy atom. The molecular weight excluding hydrogens is 246 g/mol. The van der Waals surface area contributed by atoms with E-state index in [2.05, 4.69) is 14.8 Å². The molecule has 0 aliphatic heterocycles. The van der Waals surface area contributed by atoms with E-state index in [0.717, 1.165) is 24.4 Å². The fourth-order valence-electron chi connectivity index (χ4n) is 2.84. The minimum absolute atomic E-state index is 0.149. The number of hydrogen-bond acceptors (Lipinski definition) is 4. The van der Waals surface area contributed by atoms with Crippen LogP contribution in [0.1, 0.15) is 62.7 Å². The SMILES string of the molecule is O[C@@H]1CCC[C@H]1Sc1nnc(C2CC2)n1C1CC1. The van der Waals surface area contributed by atoms with E-state index in [1.165, 1.54) is 31.5 Å². The highest BCUT2D eigenvalue weighted by molar-refractivity contribution is 7.99. The van der Waals surface area contributed by atoms with Gasteiger partial charge in [-0.25, -0.2) is 0 Å². The van der Waals surface area contributed by atoms with Crippen LogP contribution in [0.4, 0.5) is 0 Å². The van der Waals surface area contributed by atoms with Gasteiger partial charge in [-0.15, -0.1) is 10.2 Å². The number of aliphatic hydroxyl groups excluding tert-OH is 1. The predicted octanol–water partition coefficient (Wildman–Crippen LogP) is 2.50. The van der Waals surface area contributed by atoms with Crippen LogP contribution < -0.4 is 0 Å². The molecule has 5 heteroatoms. The lowest BCUT2D eigenvalue weighted by Crippen LogP contribution is -2.16. The fraction of sp³-hybridized carbons (Fsp3) is 0.846. The third kappa shape index (κ3) is 1.97. The summed E-state index contributed by atoms with van der Waals surface area (Å²) in [7, 11) is 0. The molecule has 1 aromatic heterocycles. The number of nitrogens with zero attached hydrogens (tertiary/aromatic N) is 3.